The molecule has 25 heavy (non-hydrogen) atoms. The Bertz CT molecular complexity index is 698. The fourth-order valence-corrected chi connectivity index (χ4v) is 2.63. The van der Waals surface area contributed by atoms with Gasteiger partial charge in [-0.25, -0.2) is 0 Å². The highest BCUT2D eigenvalue weighted by atomic mass is 16.5. The van der Waals surface area contributed by atoms with Gasteiger partial charge in [-0.2, -0.15) is 0 Å². The lowest BCUT2D eigenvalue weighted by molar-refractivity contribution is -0.114. The number of rotatable bonds is 9. The molecule has 0 bridgehead atoms. The van der Waals surface area contributed by atoms with Crippen LogP contribution in [0.1, 0.15) is 37.8 Å². The summed E-state index contributed by atoms with van der Waals surface area (Å²) in [6.07, 6.45) is 2.99. The zero-order chi connectivity index (χ0) is 18.1. The summed E-state index contributed by atoms with van der Waals surface area (Å²) in [6, 6.07) is 13.8. The molecule has 0 saturated heterocycles. The van der Waals surface area contributed by atoms with Crippen LogP contribution in [0.25, 0.3) is 0 Å². The molecule has 0 aromatic heterocycles. The van der Waals surface area contributed by atoms with Crippen LogP contribution in [0.3, 0.4) is 0 Å². The molecule has 4 heteroatoms. The minimum Gasteiger partial charge on any atom is -0.491 e. The van der Waals surface area contributed by atoms with E-state index in [0.717, 1.165) is 47.5 Å². The van der Waals surface area contributed by atoms with E-state index in [9.17, 15) is 4.79 Å². The van der Waals surface area contributed by atoms with Crippen LogP contribution in [0, 0.1) is 6.92 Å². The third kappa shape index (κ3) is 5.52. The molecular weight excluding hydrogens is 312 g/mol. The molecule has 4 nitrogen and oxygen atoms in total. The molecule has 2 aromatic rings. The van der Waals surface area contributed by atoms with E-state index in [2.05, 4.69) is 24.5 Å². The molecule has 0 radical (unpaired) electrons. The van der Waals surface area contributed by atoms with Crippen LogP contribution in [0.15, 0.2) is 42.5 Å². The average molecular weight is 340 g/mol. The molecular formula is C21H28N2O2. The van der Waals surface area contributed by atoms with Gasteiger partial charge >= 0.3 is 0 Å². The molecule has 0 unspecified atom stereocenters. The first-order valence-electron chi connectivity index (χ1n) is 8.99. The summed E-state index contributed by atoms with van der Waals surface area (Å²) in [5.74, 6) is 0.723. The van der Waals surface area contributed by atoms with E-state index in [-0.39, 0.29) is 12.5 Å². The Kier molecular flexibility index (Phi) is 7.33. The SMILES string of the molecule is CCCCOc1ccccc1NCC(=O)Nc1c(C)cccc1CC. The normalized spacial score (nSPS) is 10.4. The summed E-state index contributed by atoms with van der Waals surface area (Å²) >= 11 is 0. The van der Waals surface area contributed by atoms with Gasteiger partial charge in [0.1, 0.15) is 5.75 Å². The van der Waals surface area contributed by atoms with Crippen molar-refractivity contribution >= 4 is 17.3 Å². The van der Waals surface area contributed by atoms with Crippen LogP contribution in [0.5, 0.6) is 5.75 Å². The lowest BCUT2D eigenvalue weighted by Crippen LogP contribution is -2.23. The van der Waals surface area contributed by atoms with Crippen LogP contribution < -0.4 is 15.4 Å². The Hall–Kier alpha value is -2.49. The Morgan fingerprint density at radius 3 is 2.64 bits per heavy atom. The Morgan fingerprint density at radius 1 is 1.08 bits per heavy atom. The van der Waals surface area contributed by atoms with E-state index in [1.165, 1.54) is 0 Å². The van der Waals surface area contributed by atoms with Gasteiger partial charge in [0.05, 0.1) is 18.8 Å². The zero-order valence-electron chi connectivity index (χ0n) is 15.4. The maximum atomic E-state index is 12.4. The van der Waals surface area contributed by atoms with Gasteiger partial charge in [0.2, 0.25) is 5.91 Å². The average Bonchev–Trinajstić information content (AvgIpc) is 2.63. The maximum absolute atomic E-state index is 12.4. The summed E-state index contributed by atoms with van der Waals surface area (Å²) in [6.45, 7) is 7.12. The van der Waals surface area contributed by atoms with E-state index in [4.69, 9.17) is 4.74 Å². The second-order valence-corrected chi connectivity index (χ2v) is 6.06. The van der Waals surface area contributed by atoms with Gasteiger partial charge in [0, 0.05) is 5.69 Å². The number of hydrogen-bond donors (Lipinski definition) is 2. The number of aryl methyl sites for hydroxylation is 2. The number of carbonyl (C=O) groups is 1. The lowest BCUT2D eigenvalue weighted by Gasteiger charge is -2.15. The molecule has 0 aliphatic carbocycles. The number of nitrogens with one attached hydrogen (secondary N) is 2. The van der Waals surface area contributed by atoms with Gasteiger partial charge in [-0.05, 0) is 43.0 Å². The first-order valence-corrected chi connectivity index (χ1v) is 8.99. The topological polar surface area (TPSA) is 50.4 Å². The number of ether oxygens (including phenoxy) is 1. The molecule has 0 saturated carbocycles. The van der Waals surface area contributed by atoms with Crippen LogP contribution >= 0.6 is 0 Å². The van der Waals surface area contributed by atoms with Gasteiger partial charge in [0.25, 0.3) is 0 Å². The van der Waals surface area contributed by atoms with Crippen molar-refractivity contribution in [3.63, 3.8) is 0 Å². The first-order chi connectivity index (χ1) is 12.2. The smallest absolute Gasteiger partial charge is 0.243 e. The van der Waals surface area contributed by atoms with Crippen LogP contribution in [0.2, 0.25) is 0 Å². The predicted octanol–water partition coefficient (Wildman–Crippen LogP) is 4.79. The third-order valence-corrected chi connectivity index (χ3v) is 4.09. The summed E-state index contributed by atoms with van der Waals surface area (Å²) in [7, 11) is 0. The van der Waals surface area contributed by atoms with Gasteiger partial charge in [-0.1, -0.05) is 50.6 Å². The number of carbonyl (C=O) groups excluding carboxylic acids is 1. The Morgan fingerprint density at radius 2 is 1.88 bits per heavy atom. The highest BCUT2D eigenvalue weighted by Gasteiger charge is 2.10. The molecule has 0 atom stereocenters. The predicted molar refractivity (Wildman–Crippen MR) is 105 cm³/mol. The summed E-state index contributed by atoms with van der Waals surface area (Å²) in [4.78, 5) is 12.4. The first kappa shape index (κ1) is 18.8. The fraction of sp³-hybridized carbons (Fsp3) is 0.381. The molecule has 2 N–H and O–H groups in total. The van der Waals surface area contributed by atoms with E-state index >= 15 is 0 Å². The van der Waals surface area contributed by atoms with Crippen molar-refractivity contribution in [2.45, 2.75) is 40.0 Å². The molecule has 2 aromatic carbocycles. The van der Waals surface area contributed by atoms with E-state index in [1.807, 2.05) is 49.4 Å². The van der Waals surface area contributed by atoms with Crippen molar-refractivity contribution in [1.82, 2.24) is 0 Å². The number of amides is 1. The molecule has 0 fully saturated rings. The van der Waals surface area contributed by atoms with E-state index < -0.39 is 0 Å². The van der Waals surface area contributed by atoms with Crippen LogP contribution in [0.4, 0.5) is 11.4 Å². The van der Waals surface area contributed by atoms with Crippen molar-refractivity contribution in [3.05, 3.63) is 53.6 Å². The minimum absolute atomic E-state index is 0.0626. The van der Waals surface area contributed by atoms with Crippen LogP contribution in [-0.2, 0) is 11.2 Å². The number of anilines is 2. The largest absolute Gasteiger partial charge is 0.491 e. The second kappa shape index (κ2) is 9.72. The second-order valence-electron chi connectivity index (χ2n) is 6.06. The summed E-state index contributed by atoms with van der Waals surface area (Å²) in [5.41, 5.74) is 3.99. The molecule has 0 spiro atoms. The number of para-hydroxylation sites is 3. The molecule has 0 heterocycles. The quantitative estimate of drug-likeness (QED) is 0.646. The summed E-state index contributed by atoms with van der Waals surface area (Å²) < 4.78 is 5.79. The van der Waals surface area contributed by atoms with Gasteiger partial charge in [-0.3, -0.25) is 4.79 Å². The highest BCUT2D eigenvalue weighted by Crippen LogP contribution is 2.24. The van der Waals surface area contributed by atoms with Crippen molar-refractivity contribution in [2.24, 2.45) is 0 Å². The molecule has 0 aliphatic rings. The Balaban J connectivity index is 1.97. The number of unbranched alkanes of at least 4 members (excludes halogenated alkanes) is 1. The highest BCUT2D eigenvalue weighted by molar-refractivity contribution is 5.95. The van der Waals surface area contributed by atoms with E-state index in [0.29, 0.717) is 6.61 Å². The zero-order valence-corrected chi connectivity index (χ0v) is 15.4. The van der Waals surface area contributed by atoms with Gasteiger partial charge < -0.3 is 15.4 Å². The minimum atomic E-state index is -0.0626. The van der Waals surface area contributed by atoms with Crippen molar-refractivity contribution in [1.29, 1.82) is 0 Å². The molecule has 0 aliphatic heterocycles. The fourth-order valence-electron chi connectivity index (χ4n) is 2.63. The molecule has 134 valence electrons. The third-order valence-electron chi connectivity index (χ3n) is 4.09. The number of hydrogen-bond acceptors (Lipinski definition) is 3. The van der Waals surface area contributed by atoms with Crippen LogP contribution in [-0.4, -0.2) is 19.1 Å². The standard InChI is InChI=1S/C21H28N2O2/c1-4-6-14-25-19-13-8-7-12-18(19)22-15-20(24)23-21-16(3)10-9-11-17(21)5-2/h7-13,22H,4-6,14-15H2,1-3H3,(H,23,24). The van der Waals surface area contributed by atoms with Crippen molar-refractivity contribution in [2.75, 3.05) is 23.8 Å². The molecule has 1 amide bonds. The Labute approximate surface area is 150 Å². The van der Waals surface area contributed by atoms with E-state index in [1.54, 1.807) is 0 Å². The van der Waals surface area contributed by atoms with Crippen molar-refractivity contribution < 1.29 is 9.53 Å². The lowest BCUT2D eigenvalue weighted by atomic mass is 10.1. The molecule has 2 rings (SSSR count). The van der Waals surface area contributed by atoms with Gasteiger partial charge in [0.15, 0.2) is 0 Å². The number of benzene rings is 2. The monoisotopic (exact) mass is 340 g/mol. The maximum Gasteiger partial charge on any atom is 0.243 e. The van der Waals surface area contributed by atoms with Gasteiger partial charge in [-0.15, -0.1) is 0 Å². The van der Waals surface area contributed by atoms with Crippen molar-refractivity contribution in [3.8, 4) is 5.75 Å². The summed E-state index contributed by atoms with van der Waals surface area (Å²) in [5, 5.41) is 6.21.